The molecule has 2 aromatic rings. The summed E-state index contributed by atoms with van der Waals surface area (Å²) in [4.78, 5) is 16.2. The van der Waals surface area contributed by atoms with E-state index in [0.29, 0.717) is 26.2 Å². The van der Waals surface area contributed by atoms with Gasteiger partial charge < -0.3 is 4.90 Å². The number of rotatable bonds is 8. The third-order valence-corrected chi connectivity index (χ3v) is 3.71. The van der Waals surface area contributed by atoms with E-state index in [1.54, 1.807) is 0 Å². The molecule has 5 nitrogen and oxygen atoms in total. The van der Waals surface area contributed by atoms with Gasteiger partial charge >= 0.3 is 0 Å². The molecular weight excluding hydrogens is 300 g/mol. The van der Waals surface area contributed by atoms with Crippen LogP contribution in [0.3, 0.4) is 0 Å². The predicted octanol–water partition coefficient (Wildman–Crippen LogP) is 2.73. The summed E-state index contributed by atoms with van der Waals surface area (Å²) < 4.78 is 1.85. The first-order valence-corrected chi connectivity index (χ1v) is 8.19. The van der Waals surface area contributed by atoms with Crippen LogP contribution in [0.1, 0.15) is 19.4 Å². The number of likely N-dealkylation sites (N-methyl/N-ethyl adjacent to an activating group) is 2. The second kappa shape index (κ2) is 8.45. The molecule has 0 bridgehead atoms. The Kier molecular flexibility index (Phi) is 6.32. The van der Waals surface area contributed by atoms with Crippen LogP contribution in [0, 0.1) is 0 Å². The molecule has 2 rings (SSSR count). The molecule has 0 aliphatic rings. The van der Waals surface area contributed by atoms with Gasteiger partial charge in [0.15, 0.2) is 0 Å². The average molecular weight is 326 g/mol. The minimum atomic E-state index is 0.124. The van der Waals surface area contributed by atoms with Crippen LogP contribution in [0.25, 0.3) is 5.69 Å². The van der Waals surface area contributed by atoms with Crippen molar-refractivity contribution in [2.75, 3.05) is 26.7 Å². The van der Waals surface area contributed by atoms with Crippen molar-refractivity contribution in [2.24, 2.45) is 0 Å². The largest absolute Gasteiger partial charge is 0.338 e. The van der Waals surface area contributed by atoms with Crippen molar-refractivity contribution < 1.29 is 4.79 Å². The zero-order valence-corrected chi connectivity index (χ0v) is 14.8. The van der Waals surface area contributed by atoms with Gasteiger partial charge in [0.1, 0.15) is 0 Å². The van der Waals surface area contributed by atoms with Gasteiger partial charge in [-0.05, 0) is 33.0 Å². The Morgan fingerprint density at radius 1 is 1.25 bits per heavy atom. The number of aromatic nitrogens is 2. The number of amides is 1. The lowest BCUT2D eigenvalue weighted by Gasteiger charge is -2.24. The molecule has 0 radical (unpaired) electrons. The van der Waals surface area contributed by atoms with Crippen molar-refractivity contribution in [3.05, 3.63) is 60.4 Å². The first-order valence-electron chi connectivity index (χ1n) is 8.19. The molecule has 0 unspecified atom stereocenters. The molecule has 0 N–H and O–H groups in total. The lowest BCUT2D eigenvalue weighted by atomic mass is 10.3. The monoisotopic (exact) mass is 326 g/mol. The van der Waals surface area contributed by atoms with Gasteiger partial charge in [-0.2, -0.15) is 5.10 Å². The number of hydrogen-bond acceptors (Lipinski definition) is 3. The molecule has 1 aromatic carbocycles. The van der Waals surface area contributed by atoms with Crippen LogP contribution < -0.4 is 0 Å². The Morgan fingerprint density at radius 2 is 1.96 bits per heavy atom. The molecule has 5 heteroatoms. The maximum Gasteiger partial charge on any atom is 0.237 e. The number of nitrogens with zero attached hydrogens (tertiary/aromatic N) is 4. The van der Waals surface area contributed by atoms with E-state index >= 15 is 0 Å². The zero-order chi connectivity index (χ0) is 17.5. The fourth-order valence-electron chi connectivity index (χ4n) is 2.56. The van der Waals surface area contributed by atoms with Crippen molar-refractivity contribution in [3.8, 4) is 5.69 Å². The summed E-state index contributed by atoms with van der Waals surface area (Å²) in [5.41, 5.74) is 3.11. The van der Waals surface area contributed by atoms with Crippen molar-refractivity contribution in [2.45, 2.75) is 20.4 Å². The lowest BCUT2D eigenvalue weighted by molar-refractivity contribution is -0.131. The molecule has 0 aliphatic carbocycles. The Morgan fingerprint density at radius 3 is 2.58 bits per heavy atom. The number of carbonyl (C=O) groups excluding carboxylic acids is 1. The van der Waals surface area contributed by atoms with Crippen molar-refractivity contribution in [3.63, 3.8) is 0 Å². The van der Waals surface area contributed by atoms with E-state index in [1.807, 2.05) is 78.1 Å². The first kappa shape index (κ1) is 17.9. The Hall–Kier alpha value is -2.40. The second-order valence-electron chi connectivity index (χ2n) is 6.17. The van der Waals surface area contributed by atoms with Crippen molar-refractivity contribution in [1.82, 2.24) is 19.6 Å². The van der Waals surface area contributed by atoms with E-state index in [-0.39, 0.29) is 5.91 Å². The van der Waals surface area contributed by atoms with Gasteiger partial charge in [-0.25, -0.2) is 4.68 Å². The van der Waals surface area contributed by atoms with E-state index in [2.05, 4.69) is 11.7 Å². The van der Waals surface area contributed by atoms with E-state index in [0.717, 1.165) is 16.8 Å². The second-order valence-corrected chi connectivity index (χ2v) is 6.17. The number of benzene rings is 1. The van der Waals surface area contributed by atoms with Gasteiger partial charge in [0.05, 0.1) is 18.4 Å². The van der Waals surface area contributed by atoms with Gasteiger partial charge in [0.25, 0.3) is 0 Å². The summed E-state index contributed by atoms with van der Waals surface area (Å²) in [6, 6.07) is 9.99. The van der Waals surface area contributed by atoms with Crippen LogP contribution in [0.2, 0.25) is 0 Å². The van der Waals surface area contributed by atoms with Crippen LogP contribution >= 0.6 is 0 Å². The molecular formula is C19H26N4O. The molecule has 0 fully saturated rings. The number of hydrogen-bond donors (Lipinski definition) is 0. The molecule has 0 saturated carbocycles. The van der Waals surface area contributed by atoms with Crippen molar-refractivity contribution in [1.29, 1.82) is 0 Å². The zero-order valence-electron chi connectivity index (χ0n) is 14.8. The summed E-state index contributed by atoms with van der Waals surface area (Å²) in [7, 11) is 1.95. The summed E-state index contributed by atoms with van der Waals surface area (Å²) in [5, 5.41) is 4.39. The molecule has 1 aromatic heterocycles. The van der Waals surface area contributed by atoms with Crippen molar-refractivity contribution >= 4 is 5.91 Å². The van der Waals surface area contributed by atoms with Gasteiger partial charge in [0, 0.05) is 31.4 Å². The fraction of sp³-hybridized carbons (Fsp3) is 0.368. The number of para-hydroxylation sites is 1. The lowest BCUT2D eigenvalue weighted by Crippen LogP contribution is -2.39. The Labute approximate surface area is 144 Å². The molecule has 0 atom stereocenters. The highest BCUT2D eigenvalue weighted by molar-refractivity contribution is 5.78. The molecule has 128 valence electrons. The smallest absolute Gasteiger partial charge is 0.237 e. The summed E-state index contributed by atoms with van der Waals surface area (Å²) >= 11 is 0. The highest BCUT2D eigenvalue weighted by atomic mass is 16.2. The Balaban J connectivity index is 1.93. The first-order chi connectivity index (χ1) is 11.5. The maximum absolute atomic E-state index is 12.4. The van der Waals surface area contributed by atoms with E-state index in [1.165, 1.54) is 0 Å². The summed E-state index contributed by atoms with van der Waals surface area (Å²) in [6.45, 7) is 10.2. The topological polar surface area (TPSA) is 41.4 Å². The van der Waals surface area contributed by atoms with Crippen LogP contribution in [0.15, 0.2) is 54.9 Å². The third-order valence-electron chi connectivity index (χ3n) is 3.71. The van der Waals surface area contributed by atoms with E-state index in [9.17, 15) is 4.79 Å². The van der Waals surface area contributed by atoms with Gasteiger partial charge in [-0.15, -0.1) is 0 Å². The van der Waals surface area contributed by atoms with Gasteiger partial charge in [-0.3, -0.25) is 9.69 Å². The van der Waals surface area contributed by atoms with Gasteiger partial charge in [0.2, 0.25) is 5.91 Å². The molecule has 1 amide bonds. The predicted molar refractivity (Wildman–Crippen MR) is 97.0 cm³/mol. The highest BCUT2D eigenvalue weighted by Gasteiger charge is 2.14. The average Bonchev–Trinajstić information content (AvgIpc) is 3.01. The van der Waals surface area contributed by atoms with E-state index < -0.39 is 0 Å². The van der Waals surface area contributed by atoms with Crippen LogP contribution in [0.4, 0.5) is 0 Å². The third kappa shape index (κ3) is 5.06. The SMILES string of the molecule is C=C(C)CN(CC)C(=O)CN(C)Cc1cnn(-c2ccccc2)c1. The molecule has 1 heterocycles. The summed E-state index contributed by atoms with van der Waals surface area (Å²) in [5.74, 6) is 0.124. The van der Waals surface area contributed by atoms with E-state index in [4.69, 9.17) is 0 Å². The van der Waals surface area contributed by atoms with Crippen LogP contribution in [-0.4, -0.2) is 52.2 Å². The molecule has 24 heavy (non-hydrogen) atoms. The van der Waals surface area contributed by atoms with Crippen LogP contribution in [-0.2, 0) is 11.3 Å². The van der Waals surface area contributed by atoms with Crippen LogP contribution in [0.5, 0.6) is 0 Å². The normalized spacial score (nSPS) is 10.8. The quantitative estimate of drug-likeness (QED) is 0.701. The minimum absolute atomic E-state index is 0.124. The fourth-order valence-corrected chi connectivity index (χ4v) is 2.56. The molecule has 0 saturated heterocycles. The van der Waals surface area contributed by atoms with Gasteiger partial charge in [-0.1, -0.05) is 30.4 Å². The molecule has 0 spiro atoms. The number of carbonyl (C=O) groups is 1. The standard InChI is InChI=1S/C19H26N4O/c1-5-22(12-16(2)3)19(24)15-21(4)13-17-11-20-23(14-17)18-9-7-6-8-10-18/h6-11,14H,2,5,12-13,15H2,1,3-4H3. The summed E-state index contributed by atoms with van der Waals surface area (Å²) in [6.07, 6.45) is 3.85. The Bertz CT molecular complexity index is 678. The minimum Gasteiger partial charge on any atom is -0.338 e. The molecule has 0 aliphatic heterocycles. The highest BCUT2D eigenvalue weighted by Crippen LogP contribution is 2.09. The maximum atomic E-state index is 12.4.